The molecule has 2 aromatic rings. The van der Waals surface area contributed by atoms with Crippen LogP contribution in [0.2, 0.25) is 0 Å². The lowest BCUT2D eigenvalue weighted by molar-refractivity contribution is -0.153. The van der Waals surface area contributed by atoms with Gasteiger partial charge in [0.05, 0.1) is 0 Å². The van der Waals surface area contributed by atoms with Gasteiger partial charge in [0, 0.05) is 18.1 Å². The highest BCUT2D eigenvalue weighted by Gasteiger charge is 2.14. The minimum Gasteiger partial charge on any atom is -0.479 e. The fraction of sp³-hybridized carbons (Fsp3) is 0.222. The van der Waals surface area contributed by atoms with Gasteiger partial charge in [-0.3, -0.25) is 4.79 Å². The van der Waals surface area contributed by atoms with Crippen molar-refractivity contribution in [2.24, 2.45) is 0 Å². The number of halogens is 3. The highest BCUT2D eigenvalue weighted by atomic mass is 79.9. The summed E-state index contributed by atoms with van der Waals surface area (Å²) in [5, 5.41) is 0. The van der Waals surface area contributed by atoms with E-state index in [9.17, 15) is 18.4 Å². The molecule has 2 aromatic carbocycles. The summed E-state index contributed by atoms with van der Waals surface area (Å²) >= 11 is 3.11. The molecule has 1 amide bonds. The van der Waals surface area contributed by atoms with Crippen LogP contribution in [0.3, 0.4) is 0 Å². The van der Waals surface area contributed by atoms with Crippen LogP contribution in [-0.4, -0.2) is 37.0 Å². The van der Waals surface area contributed by atoms with Crippen LogP contribution in [-0.2, 0) is 20.9 Å². The normalized spacial score (nSPS) is 10.3. The van der Waals surface area contributed by atoms with Crippen LogP contribution in [0.5, 0.6) is 5.75 Å². The fourth-order valence-electron chi connectivity index (χ4n) is 1.97. The van der Waals surface area contributed by atoms with Crippen molar-refractivity contribution in [1.29, 1.82) is 0 Å². The van der Waals surface area contributed by atoms with E-state index in [0.29, 0.717) is 4.47 Å². The second kappa shape index (κ2) is 9.28. The smallest absolute Gasteiger partial charge is 0.344 e. The fourth-order valence-corrected chi connectivity index (χ4v) is 2.31. The van der Waals surface area contributed by atoms with Gasteiger partial charge in [-0.05, 0) is 35.9 Å². The predicted molar refractivity (Wildman–Crippen MR) is 93.4 cm³/mol. The first-order valence-electron chi connectivity index (χ1n) is 7.57. The third-order valence-electron chi connectivity index (χ3n) is 3.35. The highest BCUT2D eigenvalue weighted by molar-refractivity contribution is 9.10. The lowest BCUT2D eigenvalue weighted by Crippen LogP contribution is -2.31. The Balaban J connectivity index is 1.75. The van der Waals surface area contributed by atoms with Crippen molar-refractivity contribution in [3.63, 3.8) is 0 Å². The quantitative estimate of drug-likeness (QED) is 0.636. The number of carbonyl (C=O) groups excluding carboxylic acids is 2. The largest absolute Gasteiger partial charge is 0.479 e. The Morgan fingerprint density at radius 2 is 1.77 bits per heavy atom. The number of hydrogen-bond acceptors (Lipinski definition) is 4. The standard InChI is InChI=1S/C18H16BrF2NO4/c1-22(9-12-2-5-14(20)6-3-12)17(23)10-26-18(24)11-25-16-7-4-13(19)8-15(16)21/h2-8H,9-11H2,1H3. The molecule has 0 saturated heterocycles. The summed E-state index contributed by atoms with van der Waals surface area (Å²) in [7, 11) is 1.53. The Morgan fingerprint density at radius 3 is 2.42 bits per heavy atom. The van der Waals surface area contributed by atoms with Gasteiger partial charge >= 0.3 is 5.97 Å². The van der Waals surface area contributed by atoms with Crippen molar-refractivity contribution in [2.45, 2.75) is 6.54 Å². The zero-order chi connectivity index (χ0) is 19.1. The number of carbonyl (C=O) groups is 2. The Morgan fingerprint density at radius 1 is 1.08 bits per heavy atom. The summed E-state index contributed by atoms with van der Waals surface area (Å²) in [6, 6.07) is 9.86. The molecule has 0 N–H and O–H groups in total. The van der Waals surface area contributed by atoms with E-state index in [4.69, 9.17) is 9.47 Å². The molecular weight excluding hydrogens is 412 g/mol. The molecule has 0 bridgehead atoms. The van der Waals surface area contributed by atoms with Gasteiger partial charge in [-0.1, -0.05) is 28.1 Å². The summed E-state index contributed by atoms with van der Waals surface area (Å²) in [6.07, 6.45) is 0. The van der Waals surface area contributed by atoms with Crippen molar-refractivity contribution in [3.05, 3.63) is 64.1 Å². The van der Waals surface area contributed by atoms with Crippen LogP contribution < -0.4 is 4.74 Å². The number of esters is 1. The molecule has 0 fully saturated rings. The lowest BCUT2D eigenvalue weighted by atomic mass is 10.2. The molecule has 0 atom stereocenters. The second-order valence-corrected chi connectivity index (χ2v) is 6.32. The summed E-state index contributed by atoms with van der Waals surface area (Å²) in [4.78, 5) is 24.9. The van der Waals surface area contributed by atoms with Gasteiger partial charge in [-0.2, -0.15) is 0 Å². The Labute approximate surface area is 157 Å². The molecule has 5 nitrogen and oxygen atoms in total. The summed E-state index contributed by atoms with van der Waals surface area (Å²) in [6.45, 7) is -0.743. The van der Waals surface area contributed by atoms with E-state index in [-0.39, 0.29) is 18.1 Å². The molecule has 8 heteroatoms. The monoisotopic (exact) mass is 427 g/mol. The average Bonchev–Trinajstić information content (AvgIpc) is 2.60. The molecular formula is C18H16BrF2NO4. The first-order chi connectivity index (χ1) is 12.3. The van der Waals surface area contributed by atoms with Gasteiger partial charge in [0.2, 0.25) is 0 Å². The number of amides is 1. The van der Waals surface area contributed by atoms with E-state index in [1.165, 1.54) is 36.2 Å². The molecule has 0 aromatic heterocycles. The van der Waals surface area contributed by atoms with Crippen molar-refractivity contribution < 1.29 is 27.8 Å². The van der Waals surface area contributed by atoms with Gasteiger partial charge in [0.15, 0.2) is 24.8 Å². The summed E-state index contributed by atoms with van der Waals surface area (Å²) < 4.78 is 36.8. The first kappa shape index (κ1) is 19.8. The maximum atomic E-state index is 13.6. The molecule has 138 valence electrons. The molecule has 0 aliphatic rings. The third-order valence-corrected chi connectivity index (χ3v) is 3.85. The van der Waals surface area contributed by atoms with Gasteiger partial charge < -0.3 is 14.4 Å². The molecule has 26 heavy (non-hydrogen) atoms. The Bertz CT molecular complexity index is 783. The van der Waals surface area contributed by atoms with E-state index in [1.807, 2.05) is 0 Å². The molecule has 0 unspecified atom stereocenters. The zero-order valence-corrected chi connectivity index (χ0v) is 15.5. The molecule has 0 saturated carbocycles. The highest BCUT2D eigenvalue weighted by Crippen LogP contribution is 2.21. The topological polar surface area (TPSA) is 55.8 Å². The van der Waals surface area contributed by atoms with Crippen molar-refractivity contribution in [2.75, 3.05) is 20.3 Å². The van der Waals surface area contributed by atoms with Crippen molar-refractivity contribution >= 4 is 27.8 Å². The summed E-state index contributed by atoms with van der Waals surface area (Å²) in [5.41, 5.74) is 0.739. The molecule has 0 aliphatic carbocycles. The molecule has 0 heterocycles. The van der Waals surface area contributed by atoms with Gasteiger partial charge in [-0.25, -0.2) is 13.6 Å². The lowest BCUT2D eigenvalue weighted by Gasteiger charge is -2.17. The maximum absolute atomic E-state index is 13.6. The molecule has 0 spiro atoms. The predicted octanol–water partition coefficient (Wildman–Crippen LogP) is 3.31. The maximum Gasteiger partial charge on any atom is 0.344 e. The van der Waals surface area contributed by atoms with Gasteiger partial charge in [0.1, 0.15) is 5.82 Å². The van der Waals surface area contributed by atoms with Crippen molar-refractivity contribution in [3.8, 4) is 5.75 Å². The van der Waals surface area contributed by atoms with Crippen LogP contribution in [0.4, 0.5) is 8.78 Å². The van der Waals surface area contributed by atoms with E-state index in [1.54, 1.807) is 18.2 Å². The third kappa shape index (κ3) is 6.11. The number of likely N-dealkylation sites (N-methyl/N-ethyl adjacent to an activating group) is 1. The number of ether oxygens (including phenoxy) is 2. The number of rotatable bonds is 7. The average molecular weight is 428 g/mol. The van der Waals surface area contributed by atoms with Gasteiger partial charge in [0.25, 0.3) is 5.91 Å². The van der Waals surface area contributed by atoms with Gasteiger partial charge in [-0.15, -0.1) is 0 Å². The first-order valence-corrected chi connectivity index (χ1v) is 8.36. The molecule has 2 rings (SSSR count). The molecule has 0 aliphatic heterocycles. The number of nitrogens with zero attached hydrogens (tertiary/aromatic N) is 1. The van der Waals surface area contributed by atoms with Crippen LogP contribution >= 0.6 is 15.9 Å². The minimum atomic E-state index is -0.796. The Hall–Kier alpha value is -2.48. The van der Waals surface area contributed by atoms with Crippen LogP contribution in [0.1, 0.15) is 5.56 Å². The Kier molecular flexibility index (Phi) is 7.08. The second-order valence-electron chi connectivity index (χ2n) is 5.40. The molecule has 0 radical (unpaired) electrons. The summed E-state index contributed by atoms with van der Waals surface area (Å²) in [5.74, 6) is -2.31. The number of hydrogen-bond donors (Lipinski definition) is 0. The SMILES string of the molecule is CN(Cc1ccc(F)cc1)C(=O)COC(=O)COc1ccc(Br)cc1F. The zero-order valence-electron chi connectivity index (χ0n) is 13.9. The van der Waals surface area contributed by atoms with Crippen LogP contribution in [0, 0.1) is 11.6 Å². The van der Waals surface area contributed by atoms with E-state index in [2.05, 4.69) is 15.9 Å². The minimum absolute atomic E-state index is 0.0927. The van der Waals surface area contributed by atoms with E-state index < -0.39 is 30.9 Å². The van der Waals surface area contributed by atoms with Crippen molar-refractivity contribution in [1.82, 2.24) is 4.90 Å². The van der Waals surface area contributed by atoms with Crippen LogP contribution in [0.25, 0.3) is 0 Å². The van der Waals surface area contributed by atoms with E-state index in [0.717, 1.165) is 5.56 Å². The van der Waals surface area contributed by atoms with E-state index >= 15 is 0 Å². The van der Waals surface area contributed by atoms with Crippen LogP contribution in [0.15, 0.2) is 46.9 Å². The number of benzene rings is 2.